The van der Waals surface area contributed by atoms with Crippen molar-refractivity contribution in [1.29, 1.82) is 0 Å². The van der Waals surface area contributed by atoms with Gasteiger partial charge in [-0.2, -0.15) is 0 Å². The molecule has 0 bridgehead atoms. The summed E-state index contributed by atoms with van der Waals surface area (Å²) >= 11 is 0. The van der Waals surface area contributed by atoms with Crippen LogP contribution in [0.2, 0.25) is 0 Å². The van der Waals surface area contributed by atoms with Gasteiger partial charge in [0.1, 0.15) is 11.7 Å². The predicted octanol–water partition coefficient (Wildman–Crippen LogP) is 2.50. The molecule has 0 radical (unpaired) electrons. The molecule has 1 unspecified atom stereocenters. The summed E-state index contributed by atoms with van der Waals surface area (Å²) in [6, 6.07) is 13.2. The van der Waals surface area contributed by atoms with E-state index in [4.69, 9.17) is 23.7 Å². The number of carbonyl (C=O) groups excluding carboxylic acids is 2. The van der Waals surface area contributed by atoms with Crippen LogP contribution in [-0.2, 0) is 33.3 Å². The molecule has 1 aliphatic heterocycles. The third-order valence-corrected chi connectivity index (χ3v) is 4.55. The van der Waals surface area contributed by atoms with Crippen LogP contribution < -0.4 is 0 Å². The van der Waals surface area contributed by atoms with Crippen molar-refractivity contribution in [2.24, 2.45) is 0 Å². The third kappa shape index (κ3) is 2.99. The number of fused-ring (bicyclic) bond motifs is 1. The van der Waals surface area contributed by atoms with Crippen LogP contribution in [0, 0.1) is 0 Å². The Kier molecular flexibility index (Phi) is 5.27. The molecule has 0 saturated carbocycles. The minimum absolute atomic E-state index is 0.0237. The lowest BCUT2D eigenvalue weighted by molar-refractivity contribution is -0.337. The zero-order valence-corrected chi connectivity index (χ0v) is 15.5. The smallest absolute Gasteiger partial charge is 0.342 e. The van der Waals surface area contributed by atoms with Crippen molar-refractivity contribution in [2.45, 2.75) is 12.1 Å². The van der Waals surface area contributed by atoms with E-state index in [2.05, 4.69) is 0 Å². The van der Waals surface area contributed by atoms with Crippen LogP contribution in [0.25, 0.3) is 10.8 Å². The standard InChI is InChI=1S/C20H20O7/c1-23-18(21)15-16(19(22)24-2)20(25-3,26-4)27-17(15)14-11-7-9-12-8-5-6-10-13(12)14/h5-11,17H,1-4H3. The van der Waals surface area contributed by atoms with Gasteiger partial charge in [-0.05, 0) is 16.3 Å². The highest BCUT2D eigenvalue weighted by molar-refractivity contribution is 6.04. The Morgan fingerprint density at radius 3 is 2.15 bits per heavy atom. The second kappa shape index (κ2) is 7.48. The zero-order valence-electron chi connectivity index (χ0n) is 15.5. The lowest BCUT2D eigenvalue weighted by atomic mass is 9.94. The molecule has 1 aliphatic rings. The predicted molar refractivity (Wildman–Crippen MR) is 95.6 cm³/mol. The van der Waals surface area contributed by atoms with Gasteiger partial charge in [-0.1, -0.05) is 42.5 Å². The number of carbonyl (C=O) groups is 2. The van der Waals surface area contributed by atoms with Crippen LogP contribution in [0.4, 0.5) is 0 Å². The fourth-order valence-corrected chi connectivity index (χ4v) is 3.31. The van der Waals surface area contributed by atoms with E-state index in [0.29, 0.717) is 5.56 Å². The number of benzene rings is 2. The molecule has 0 N–H and O–H groups in total. The summed E-state index contributed by atoms with van der Waals surface area (Å²) in [5.41, 5.74) is 0.468. The molecule has 7 nitrogen and oxygen atoms in total. The second-order valence-corrected chi connectivity index (χ2v) is 5.80. The highest BCUT2D eigenvalue weighted by Crippen LogP contribution is 2.47. The molecule has 7 heteroatoms. The molecule has 0 spiro atoms. The maximum atomic E-state index is 12.6. The van der Waals surface area contributed by atoms with Crippen molar-refractivity contribution in [3.05, 3.63) is 59.2 Å². The molecule has 0 aliphatic carbocycles. The summed E-state index contributed by atoms with van der Waals surface area (Å²) in [5, 5.41) is 1.81. The van der Waals surface area contributed by atoms with E-state index in [1.54, 1.807) is 0 Å². The molecule has 3 rings (SSSR count). The number of rotatable bonds is 5. The average Bonchev–Trinajstić information content (AvgIpc) is 3.07. The van der Waals surface area contributed by atoms with Crippen LogP contribution in [0.1, 0.15) is 11.7 Å². The molecule has 2 aromatic rings. The normalized spacial score (nSPS) is 18.6. The Labute approximate surface area is 156 Å². The average molecular weight is 372 g/mol. The Bertz CT molecular complexity index is 906. The van der Waals surface area contributed by atoms with Crippen molar-refractivity contribution in [2.75, 3.05) is 28.4 Å². The fourth-order valence-electron chi connectivity index (χ4n) is 3.31. The largest absolute Gasteiger partial charge is 0.466 e. The van der Waals surface area contributed by atoms with E-state index in [1.807, 2.05) is 42.5 Å². The maximum Gasteiger partial charge on any atom is 0.342 e. The topological polar surface area (TPSA) is 80.3 Å². The molecule has 2 aromatic carbocycles. The monoisotopic (exact) mass is 372 g/mol. The van der Waals surface area contributed by atoms with E-state index >= 15 is 0 Å². The van der Waals surface area contributed by atoms with Crippen LogP contribution in [0.15, 0.2) is 53.6 Å². The summed E-state index contributed by atoms with van der Waals surface area (Å²) in [4.78, 5) is 25.1. The summed E-state index contributed by atoms with van der Waals surface area (Å²) in [6.45, 7) is 0. The number of ether oxygens (including phenoxy) is 5. The number of hydrogen-bond donors (Lipinski definition) is 0. The highest BCUT2D eigenvalue weighted by atomic mass is 16.9. The minimum atomic E-state index is -1.89. The molecule has 142 valence electrons. The van der Waals surface area contributed by atoms with Crippen LogP contribution in [0.3, 0.4) is 0 Å². The van der Waals surface area contributed by atoms with Crippen molar-refractivity contribution < 1.29 is 33.3 Å². The molecule has 1 heterocycles. The molecule has 0 aromatic heterocycles. The van der Waals surface area contributed by atoms with Crippen molar-refractivity contribution in [3.8, 4) is 0 Å². The SMILES string of the molecule is COC(=O)C1=C(C(=O)OC)C(OC)(OC)OC1c1cccc2ccccc12. The first-order valence-electron chi connectivity index (χ1n) is 8.20. The van der Waals surface area contributed by atoms with Crippen molar-refractivity contribution in [1.82, 2.24) is 0 Å². The first kappa shape index (κ1) is 19.0. The second-order valence-electron chi connectivity index (χ2n) is 5.80. The van der Waals surface area contributed by atoms with E-state index in [1.165, 1.54) is 28.4 Å². The van der Waals surface area contributed by atoms with E-state index < -0.39 is 24.0 Å². The van der Waals surface area contributed by atoms with Gasteiger partial charge in [0.15, 0.2) is 0 Å². The summed E-state index contributed by atoms with van der Waals surface area (Å²) in [6.07, 6.45) is -0.947. The van der Waals surface area contributed by atoms with Gasteiger partial charge in [-0.15, -0.1) is 0 Å². The Morgan fingerprint density at radius 2 is 1.52 bits per heavy atom. The molecular formula is C20H20O7. The van der Waals surface area contributed by atoms with Crippen LogP contribution in [0.5, 0.6) is 0 Å². The van der Waals surface area contributed by atoms with E-state index in [9.17, 15) is 9.59 Å². The Hall–Kier alpha value is -2.74. The molecule has 0 fully saturated rings. The first-order valence-corrected chi connectivity index (χ1v) is 8.20. The van der Waals surface area contributed by atoms with Gasteiger partial charge < -0.3 is 23.7 Å². The van der Waals surface area contributed by atoms with Gasteiger partial charge >= 0.3 is 17.9 Å². The van der Waals surface area contributed by atoms with Gasteiger partial charge in [0.05, 0.1) is 19.8 Å². The van der Waals surface area contributed by atoms with Crippen molar-refractivity contribution in [3.63, 3.8) is 0 Å². The summed E-state index contributed by atoms with van der Waals surface area (Å²) in [7, 11) is 5.05. The number of esters is 2. The zero-order chi connectivity index (χ0) is 19.6. The lowest BCUT2D eigenvalue weighted by Gasteiger charge is -2.28. The van der Waals surface area contributed by atoms with E-state index in [0.717, 1.165) is 10.8 Å². The maximum absolute atomic E-state index is 12.6. The van der Waals surface area contributed by atoms with Gasteiger partial charge in [0.2, 0.25) is 0 Å². The first-order chi connectivity index (χ1) is 13.0. The molecule has 27 heavy (non-hydrogen) atoms. The van der Waals surface area contributed by atoms with Crippen LogP contribution in [-0.4, -0.2) is 46.4 Å². The van der Waals surface area contributed by atoms with Crippen LogP contribution >= 0.6 is 0 Å². The van der Waals surface area contributed by atoms with Crippen molar-refractivity contribution >= 4 is 22.7 Å². The van der Waals surface area contributed by atoms with Gasteiger partial charge in [0.25, 0.3) is 0 Å². The van der Waals surface area contributed by atoms with Gasteiger partial charge in [0, 0.05) is 14.2 Å². The van der Waals surface area contributed by atoms with E-state index in [-0.39, 0.29) is 11.1 Å². The molecule has 1 atom stereocenters. The Balaban J connectivity index is 2.30. The molecule has 0 saturated heterocycles. The quantitative estimate of drug-likeness (QED) is 0.589. The number of hydrogen-bond acceptors (Lipinski definition) is 7. The summed E-state index contributed by atoms with van der Waals surface area (Å²) in [5.74, 6) is -3.43. The minimum Gasteiger partial charge on any atom is -0.466 e. The summed E-state index contributed by atoms with van der Waals surface area (Å²) < 4.78 is 26.5. The Morgan fingerprint density at radius 1 is 0.889 bits per heavy atom. The van der Waals surface area contributed by atoms with Gasteiger partial charge in [-0.25, -0.2) is 9.59 Å². The molecule has 0 amide bonds. The lowest BCUT2D eigenvalue weighted by Crippen LogP contribution is -2.39. The highest BCUT2D eigenvalue weighted by Gasteiger charge is 2.55. The van der Waals surface area contributed by atoms with Gasteiger partial charge in [-0.3, -0.25) is 0 Å². The number of methoxy groups -OCH3 is 4. The third-order valence-electron chi connectivity index (χ3n) is 4.55. The fraction of sp³-hybridized carbons (Fsp3) is 0.300. The molecular weight excluding hydrogens is 352 g/mol.